The van der Waals surface area contributed by atoms with Crippen molar-refractivity contribution >= 4 is 6.21 Å². The fourth-order valence-electron chi connectivity index (χ4n) is 1.71. The van der Waals surface area contributed by atoms with E-state index in [1.165, 1.54) is 0 Å². The molecule has 0 aromatic rings. The van der Waals surface area contributed by atoms with Crippen molar-refractivity contribution in [1.82, 2.24) is 5.01 Å². The smallest absolute Gasteiger partial charge is 0.0956 e. The molecule has 1 aliphatic heterocycles. The van der Waals surface area contributed by atoms with Crippen LogP contribution < -0.4 is 0 Å². The molecule has 16 heavy (non-hydrogen) atoms. The SMILES string of the molecule is COCC1CCCN1/N=C/C(O)C(C)(C)C. The van der Waals surface area contributed by atoms with Gasteiger partial charge in [-0.1, -0.05) is 20.8 Å². The normalized spacial score (nSPS) is 24.3. The highest BCUT2D eigenvalue weighted by molar-refractivity contribution is 5.63. The van der Waals surface area contributed by atoms with E-state index in [-0.39, 0.29) is 5.41 Å². The number of rotatable bonds is 4. The summed E-state index contributed by atoms with van der Waals surface area (Å²) in [6, 6.07) is 0.369. The van der Waals surface area contributed by atoms with Gasteiger partial charge in [-0.3, -0.25) is 5.01 Å². The van der Waals surface area contributed by atoms with Crippen molar-refractivity contribution in [3.63, 3.8) is 0 Å². The van der Waals surface area contributed by atoms with Gasteiger partial charge in [-0.15, -0.1) is 0 Å². The van der Waals surface area contributed by atoms with Crippen molar-refractivity contribution in [2.24, 2.45) is 10.5 Å². The van der Waals surface area contributed by atoms with E-state index >= 15 is 0 Å². The first-order chi connectivity index (χ1) is 7.45. The molecule has 94 valence electrons. The zero-order valence-electron chi connectivity index (χ0n) is 10.8. The minimum absolute atomic E-state index is 0.153. The van der Waals surface area contributed by atoms with Gasteiger partial charge >= 0.3 is 0 Å². The van der Waals surface area contributed by atoms with Crippen LogP contribution in [0.4, 0.5) is 0 Å². The lowest BCUT2D eigenvalue weighted by Gasteiger charge is -2.25. The number of hydrazone groups is 1. The number of methoxy groups -OCH3 is 1. The first-order valence-electron chi connectivity index (χ1n) is 5.93. The Morgan fingerprint density at radius 3 is 2.81 bits per heavy atom. The molecule has 0 aromatic carbocycles. The molecule has 0 spiro atoms. The molecule has 0 radical (unpaired) electrons. The van der Waals surface area contributed by atoms with Crippen LogP contribution in [-0.4, -0.2) is 48.7 Å². The summed E-state index contributed by atoms with van der Waals surface area (Å²) in [4.78, 5) is 0. The Balaban J connectivity index is 2.49. The number of ether oxygens (including phenoxy) is 1. The second kappa shape index (κ2) is 5.64. The summed E-state index contributed by atoms with van der Waals surface area (Å²) < 4.78 is 5.15. The minimum atomic E-state index is -0.503. The van der Waals surface area contributed by atoms with Gasteiger partial charge in [0.05, 0.1) is 25.0 Å². The van der Waals surface area contributed by atoms with Gasteiger partial charge in [0.2, 0.25) is 0 Å². The molecule has 1 aliphatic rings. The predicted molar refractivity (Wildman–Crippen MR) is 65.6 cm³/mol. The third kappa shape index (κ3) is 3.76. The predicted octanol–water partition coefficient (Wildman–Crippen LogP) is 1.49. The first-order valence-corrected chi connectivity index (χ1v) is 5.93. The Morgan fingerprint density at radius 2 is 2.25 bits per heavy atom. The molecule has 4 nitrogen and oxygen atoms in total. The van der Waals surface area contributed by atoms with E-state index in [1.54, 1.807) is 13.3 Å². The molecule has 1 N–H and O–H groups in total. The van der Waals surface area contributed by atoms with Crippen LogP contribution in [-0.2, 0) is 4.74 Å². The Bertz CT molecular complexity index is 236. The molecule has 1 rings (SSSR count). The molecule has 0 aliphatic carbocycles. The fourth-order valence-corrected chi connectivity index (χ4v) is 1.71. The first kappa shape index (κ1) is 13.5. The van der Waals surface area contributed by atoms with Crippen LogP contribution in [0.25, 0.3) is 0 Å². The summed E-state index contributed by atoms with van der Waals surface area (Å²) >= 11 is 0. The van der Waals surface area contributed by atoms with Crippen LogP contribution in [0.3, 0.4) is 0 Å². The van der Waals surface area contributed by atoms with Gasteiger partial charge in [-0.2, -0.15) is 5.10 Å². The van der Waals surface area contributed by atoms with Gasteiger partial charge in [-0.05, 0) is 18.3 Å². The summed E-state index contributed by atoms with van der Waals surface area (Å²) in [5, 5.41) is 16.2. The molecule has 4 heteroatoms. The van der Waals surface area contributed by atoms with E-state index in [9.17, 15) is 5.11 Å². The van der Waals surface area contributed by atoms with Crippen LogP contribution in [0.1, 0.15) is 33.6 Å². The van der Waals surface area contributed by atoms with Gasteiger partial charge in [0, 0.05) is 13.7 Å². The lowest BCUT2D eigenvalue weighted by molar-refractivity contribution is 0.109. The zero-order valence-corrected chi connectivity index (χ0v) is 10.8. The molecular weight excluding hydrogens is 204 g/mol. The average molecular weight is 228 g/mol. The molecule has 0 aromatic heterocycles. The Morgan fingerprint density at radius 1 is 1.56 bits per heavy atom. The van der Waals surface area contributed by atoms with Gasteiger partial charge < -0.3 is 9.84 Å². The highest BCUT2D eigenvalue weighted by Gasteiger charge is 2.24. The van der Waals surface area contributed by atoms with Gasteiger partial charge in [0.25, 0.3) is 0 Å². The van der Waals surface area contributed by atoms with Crippen molar-refractivity contribution in [2.45, 2.75) is 45.8 Å². The topological polar surface area (TPSA) is 45.1 Å². The summed E-state index contributed by atoms with van der Waals surface area (Å²) in [5.41, 5.74) is -0.153. The van der Waals surface area contributed by atoms with Crippen LogP contribution >= 0.6 is 0 Å². The van der Waals surface area contributed by atoms with E-state index in [2.05, 4.69) is 5.10 Å². The largest absolute Gasteiger partial charge is 0.387 e. The van der Waals surface area contributed by atoms with Crippen LogP contribution in [0.5, 0.6) is 0 Å². The van der Waals surface area contributed by atoms with E-state index in [1.807, 2.05) is 25.8 Å². The second-order valence-electron chi connectivity index (χ2n) is 5.49. The molecule has 1 saturated heterocycles. The van der Waals surface area contributed by atoms with Crippen molar-refractivity contribution in [2.75, 3.05) is 20.3 Å². The maximum atomic E-state index is 9.85. The van der Waals surface area contributed by atoms with E-state index in [0.717, 1.165) is 19.4 Å². The molecule has 2 atom stereocenters. The van der Waals surface area contributed by atoms with Crippen molar-refractivity contribution in [3.05, 3.63) is 0 Å². The summed E-state index contributed by atoms with van der Waals surface area (Å²) in [6.45, 7) is 7.67. The number of hydrogen-bond acceptors (Lipinski definition) is 4. The standard InChI is InChI=1S/C12H24N2O2/c1-12(2,3)11(15)8-13-14-7-5-6-10(14)9-16-4/h8,10-11,15H,5-7,9H2,1-4H3/b13-8+. The summed E-state index contributed by atoms with van der Waals surface area (Å²) in [6.07, 6.45) is 3.41. The third-order valence-electron chi connectivity index (χ3n) is 2.95. The fraction of sp³-hybridized carbons (Fsp3) is 0.917. The summed E-state index contributed by atoms with van der Waals surface area (Å²) in [5.74, 6) is 0. The Labute approximate surface area is 98.3 Å². The average Bonchev–Trinajstić information content (AvgIpc) is 2.61. The van der Waals surface area contributed by atoms with E-state index in [4.69, 9.17) is 4.74 Å². The third-order valence-corrected chi connectivity index (χ3v) is 2.95. The Kier molecular flexibility index (Phi) is 4.74. The minimum Gasteiger partial charge on any atom is -0.387 e. The number of aliphatic hydroxyl groups excluding tert-OH is 1. The Hall–Kier alpha value is -0.610. The van der Waals surface area contributed by atoms with Crippen LogP contribution in [0.2, 0.25) is 0 Å². The molecule has 1 fully saturated rings. The monoisotopic (exact) mass is 228 g/mol. The number of hydrogen-bond donors (Lipinski definition) is 1. The van der Waals surface area contributed by atoms with E-state index in [0.29, 0.717) is 12.6 Å². The van der Waals surface area contributed by atoms with E-state index < -0.39 is 6.10 Å². The maximum Gasteiger partial charge on any atom is 0.0956 e. The maximum absolute atomic E-state index is 9.85. The van der Waals surface area contributed by atoms with Gasteiger partial charge in [-0.25, -0.2) is 0 Å². The van der Waals surface area contributed by atoms with Gasteiger partial charge in [0.15, 0.2) is 0 Å². The lowest BCUT2D eigenvalue weighted by Crippen LogP contribution is -2.32. The summed E-state index contributed by atoms with van der Waals surface area (Å²) in [7, 11) is 1.71. The van der Waals surface area contributed by atoms with Crippen molar-refractivity contribution < 1.29 is 9.84 Å². The van der Waals surface area contributed by atoms with Crippen molar-refractivity contribution in [1.29, 1.82) is 0 Å². The molecule has 0 bridgehead atoms. The van der Waals surface area contributed by atoms with Gasteiger partial charge in [0.1, 0.15) is 0 Å². The number of nitrogens with zero attached hydrogens (tertiary/aromatic N) is 2. The second-order valence-corrected chi connectivity index (χ2v) is 5.49. The highest BCUT2D eigenvalue weighted by atomic mass is 16.5. The molecular formula is C12H24N2O2. The molecule has 0 amide bonds. The molecule has 0 saturated carbocycles. The quantitative estimate of drug-likeness (QED) is 0.741. The highest BCUT2D eigenvalue weighted by Crippen LogP contribution is 2.20. The van der Waals surface area contributed by atoms with Crippen LogP contribution in [0.15, 0.2) is 5.10 Å². The van der Waals surface area contributed by atoms with Crippen molar-refractivity contribution in [3.8, 4) is 0 Å². The molecule has 2 unspecified atom stereocenters. The van der Waals surface area contributed by atoms with Crippen LogP contribution in [0, 0.1) is 5.41 Å². The zero-order chi connectivity index (χ0) is 12.2. The molecule has 1 heterocycles. The lowest BCUT2D eigenvalue weighted by atomic mass is 9.90. The number of aliphatic hydroxyl groups is 1.